The van der Waals surface area contributed by atoms with Crippen molar-refractivity contribution in [2.45, 2.75) is 48.7 Å². The number of benzene rings is 1. The zero-order valence-electron chi connectivity index (χ0n) is 13.2. The van der Waals surface area contributed by atoms with Crippen LogP contribution in [0.4, 0.5) is 0 Å². The van der Waals surface area contributed by atoms with Crippen molar-refractivity contribution in [2.75, 3.05) is 12.8 Å². The van der Waals surface area contributed by atoms with E-state index in [0.29, 0.717) is 18.8 Å². The van der Waals surface area contributed by atoms with Crippen LogP contribution < -0.4 is 4.72 Å². The molecular formula is C15H23NO4S2. The molecule has 1 aromatic carbocycles. The van der Waals surface area contributed by atoms with Crippen LogP contribution >= 0.6 is 0 Å². The average molecular weight is 345 g/mol. The quantitative estimate of drug-likeness (QED) is 0.820. The van der Waals surface area contributed by atoms with E-state index in [1.807, 2.05) is 12.1 Å². The molecule has 0 saturated heterocycles. The highest BCUT2D eigenvalue weighted by atomic mass is 32.2. The Morgan fingerprint density at radius 3 is 2.09 bits per heavy atom. The molecular weight excluding hydrogens is 322 g/mol. The molecule has 0 aliphatic heterocycles. The van der Waals surface area contributed by atoms with Gasteiger partial charge in [0.2, 0.25) is 10.0 Å². The molecule has 0 heterocycles. The Hall–Kier alpha value is -0.920. The normalized spacial score (nSPS) is 18.9. The molecule has 0 amide bonds. The third-order valence-electron chi connectivity index (χ3n) is 4.55. The van der Waals surface area contributed by atoms with Crippen molar-refractivity contribution >= 4 is 19.9 Å². The number of rotatable bonds is 7. The molecule has 124 valence electrons. The highest BCUT2D eigenvalue weighted by Crippen LogP contribution is 2.42. The molecule has 7 heteroatoms. The molecule has 0 bridgehead atoms. The fourth-order valence-electron chi connectivity index (χ4n) is 2.34. The first kappa shape index (κ1) is 17.4. The Labute approximate surface area is 133 Å². The predicted molar refractivity (Wildman–Crippen MR) is 87.1 cm³/mol. The molecule has 1 N–H and O–H groups in total. The Morgan fingerprint density at radius 2 is 1.68 bits per heavy atom. The lowest BCUT2D eigenvalue weighted by molar-refractivity contribution is 0.566. The number of nitrogens with one attached hydrogen (secondary N) is 1. The van der Waals surface area contributed by atoms with E-state index >= 15 is 0 Å². The van der Waals surface area contributed by atoms with Crippen LogP contribution in [-0.4, -0.2) is 34.4 Å². The first-order chi connectivity index (χ1) is 10.1. The number of hydrogen-bond acceptors (Lipinski definition) is 4. The van der Waals surface area contributed by atoms with Gasteiger partial charge in [-0.25, -0.2) is 21.6 Å². The molecule has 1 atom stereocenters. The summed E-state index contributed by atoms with van der Waals surface area (Å²) in [5.74, 6) is 0.379. The maximum atomic E-state index is 12.3. The van der Waals surface area contributed by atoms with E-state index in [1.54, 1.807) is 12.1 Å². The lowest BCUT2D eigenvalue weighted by Gasteiger charge is -2.15. The molecule has 1 aliphatic carbocycles. The van der Waals surface area contributed by atoms with Gasteiger partial charge in [-0.15, -0.1) is 0 Å². The molecule has 22 heavy (non-hydrogen) atoms. The van der Waals surface area contributed by atoms with Gasteiger partial charge < -0.3 is 0 Å². The molecule has 1 aromatic rings. The fourth-order valence-corrected chi connectivity index (χ4v) is 4.74. The van der Waals surface area contributed by atoms with Crippen LogP contribution in [0, 0.1) is 0 Å². The van der Waals surface area contributed by atoms with Gasteiger partial charge in [-0.05, 0) is 42.9 Å². The lowest BCUT2D eigenvalue weighted by Crippen LogP contribution is -2.38. The van der Waals surface area contributed by atoms with Crippen LogP contribution in [0.25, 0.3) is 0 Å². The van der Waals surface area contributed by atoms with Crippen LogP contribution in [0.2, 0.25) is 0 Å². The maximum absolute atomic E-state index is 12.3. The molecule has 1 aliphatic rings. The van der Waals surface area contributed by atoms with Crippen molar-refractivity contribution < 1.29 is 16.8 Å². The molecule has 0 radical (unpaired) electrons. The predicted octanol–water partition coefficient (Wildman–Crippen LogP) is 2.06. The van der Waals surface area contributed by atoms with E-state index in [2.05, 4.69) is 18.6 Å². The SMILES string of the molecule is CC[C@@H](C)c1ccc(S(=O)(=O)NCC2(S(C)(=O)=O)CC2)cc1. The minimum Gasteiger partial charge on any atom is -0.228 e. The summed E-state index contributed by atoms with van der Waals surface area (Å²) < 4.78 is 49.5. The summed E-state index contributed by atoms with van der Waals surface area (Å²) in [6, 6.07) is 6.77. The zero-order chi connectivity index (χ0) is 16.6. The Morgan fingerprint density at radius 1 is 1.14 bits per heavy atom. The molecule has 5 nitrogen and oxygen atoms in total. The van der Waals surface area contributed by atoms with E-state index in [1.165, 1.54) is 0 Å². The second kappa shape index (κ2) is 5.94. The summed E-state index contributed by atoms with van der Waals surface area (Å²) in [4.78, 5) is 0.170. The second-order valence-electron chi connectivity index (χ2n) is 6.16. The number of hydrogen-bond donors (Lipinski definition) is 1. The van der Waals surface area contributed by atoms with Gasteiger partial charge in [0.05, 0.1) is 9.64 Å². The minimum absolute atomic E-state index is 0.0543. The Balaban J connectivity index is 2.11. The smallest absolute Gasteiger partial charge is 0.228 e. The standard InChI is InChI=1S/C15H23NO4S2/c1-4-12(2)13-5-7-14(8-6-13)22(19,20)16-11-15(9-10-15)21(3,17)18/h5-8,12,16H,4,9-11H2,1-3H3/t12-/m1/s1. The highest BCUT2D eigenvalue weighted by Gasteiger charge is 2.52. The van der Waals surface area contributed by atoms with Crippen molar-refractivity contribution in [1.29, 1.82) is 0 Å². The monoisotopic (exact) mass is 345 g/mol. The van der Waals surface area contributed by atoms with Gasteiger partial charge >= 0.3 is 0 Å². The Bertz CT molecular complexity index is 732. The van der Waals surface area contributed by atoms with E-state index in [-0.39, 0.29) is 11.4 Å². The largest absolute Gasteiger partial charge is 0.240 e. The molecule has 2 rings (SSSR count). The van der Waals surface area contributed by atoms with Crippen molar-refractivity contribution in [3.8, 4) is 0 Å². The van der Waals surface area contributed by atoms with E-state index in [0.717, 1.165) is 18.2 Å². The van der Waals surface area contributed by atoms with Crippen LogP contribution in [-0.2, 0) is 19.9 Å². The summed E-state index contributed by atoms with van der Waals surface area (Å²) >= 11 is 0. The third kappa shape index (κ3) is 3.52. The van der Waals surface area contributed by atoms with Crippen LogP contribution in [0.15, 0.2) is 29.2 Å². The fraction of sp³-hybridized carbons (Fsp3) is 0.600. The average Bonchev–Trinajstić information content (AvgIpc) is 3.25. The van der Waals surface area contributed by atoms with Crippen LogP contribution in [0.5, 0.6) is 0 Å². The van der Waals surface area contributed by atoms with Crippen molar-refractivity contribution in [1.82, 2.24) is 4.72 Å². The first-order valence-corrected chi connectivity index (χ1v) is 10.8. The first-order valence-electron chi connectivity index (χ1n) is 7.40. The van der Waals surface area contributed by atoms with Gasteiger partial charge in [0.25, 0.3) is 0 Å². The van der Waals surface area contributed by atoms with Gasteiger partial charge in [-0.3, -0.25) is 0 Å². The maximum Gasteiger partial charge on any atom is 0.240 e. The lowest BCUT2D eigenvalue weighted by atomic mass is 9.99. The van der Waals surface area contributed by atoms with Gasteiger partial charge in [0.15, 0.2) is 9.84 Å². The van der Waals surface area contributed by atoms with Gasteiger partial charge in [0.1, 0.15) is 0 Å². The second-order valence-corrected chi connectivity index (χ2v) is 10.3. The molecule has 0 spiro atoms. The van der Waals surface area contributed by atoms with Crippen LogP contribution in [0.1, 0.15) is 44.6 Å². The van der Waals surface area contributed by atoms with Gasteiger partial charge in [0, 0.05) is 12.8 Å². The molecule has 1 saturated carbocycles. The van der Waals surface area contributed by atoms with Crippen molar-refractivity contribution in [3.63, 3.8) is 0 Å². The molecule has 0 unspecified atom stereocenters. The number of sulfonamides is 1. The summed E-state index contributed by atoms with van der Waals surface area (Å²) in [5, 5.41) is 0. The van der Waals surface area contributed by atoms with E-state index in [9.17, 15) is 16.8 Å². The van der Waals surface area contributed by atoms with Gasteiger partial charge in [-0.1, -0.05) is 26.0 Å². The van der Waals surface area contributed by atoms with Crippen molar-refractivity contribution in [2.24, 2.45) is 0 Å². The number of sulfone groups is 1. The van der Waals surface area contributed by atoms with Gasteiger partial charge in [-0.2, -0.15) is 0 Å². The minimum atomic E-state index is -3.68. The molecule has 0 aromatic heterocycles. The zero-order valence-corrected chi connectivity index (χ0v) is 14.8. The topological polar surface area (TPSA) is 80.3 Å². The highest BCUT2D eigenvalue weighted by molar-refractivity contribution is 7.92. The van der Waals surface area contributed by atoms with E-state index in [4.69, 9.17) is 0 Å². The summed E-state index contributed by atoms with van der Waals surface area (Å²) in [6.07, 6.45) is 3.18. The summed E-state index contributed by atoms with van der Waals surface area (Å²) in [7, 11) is -6.92. The van der Waals surface area contributed by atoms with E-state index < -0.39 is 24.6 Å². The Kier molecular flexibility index (Phi) is 4.71. The molecule has 1 fully saturated rings. The third-order valence-corrected chi connectivity index (χ3v) is 8.09. The van der Waals surface area contributed by atoms with Crippen molar-refractivity contribution in [3.05, 3.63) is 29.8 Å². The summed E-state index contributed by atoms with van der Waals surface area (Å²) in [6.45, 7) is 4.11. The summed E-state index contributed by atoms with van der Waals surface area (Å²) in [5.41, 5.74) is 1.09. The van der Waals surface area contributed by atoms with Crippen LogP contribution in [0.3, 0.4) is 0 Å².